The highest BCUT2D eigenvalue weighted by atomic mass is 32.1. The molecule has 0 atom stereocenters. The number of esters is 1. The molecule has 0 amide bonds. The maximum absolute atomic E-state index is 11.3. The van der Waals surface area contributed by atoms with E-state index in [-0.39, 0.29) is 5.97 Å². The maximum Gasteiger partial charge on any atom is 0.305 e. The number of hydrogen-bond acceptors (Lipinski definition) is 5. The molecular weight excluding hydrogens is 358 g/mol. The van der Waals surface area contributed by atoms with Crippen LogP contribution >= 0.6 is 11.3 Å². The molecule has 0 aliphatic heterocycles. The minimum absolute atomic E-state index is 0.175. The quantitative estimate of drug-likeness (QED) is 0.518. The van der Waals surface area contributed by atoms with Crippen molar-refractivity contribution in [2.24, 2.45) is 0 Å². The number of ether oxygens (including phenoxy) is 1. The first kappa shape index (κ1) is 19.4. The van der Waals surface area contributed by atoms with Crippen molar-refractivity contribution in [3.63, 3.8) is 0 Å². The van der Waals surface area contributed by atoms with Gasteiger partial charge >= 0.3 is 5.97 Å². The molecule has 1 aliphatic carbocycles. The molecule has 2 aromatic rings. The van der Waals surface area contributed by atoms with Crippen LogP contribution in [0.15, 0.2) is 17.0 Å². The third-order valence-electron chi connectivity index (χ3n) is 5.23. The zero-order chi connectivity index (χ0) is 19.4. The fourth-order valence-electron chi connectivity index (χ4n) is 3.73. The van der Waals surface area contributed by atoms with Gasteiger partial charge < -0.3 is 9.30 Å². The predicted molar refractivity (Wildman–Crippen MR) is 107 cm³/mol. The van der Waals surface area contributed by atoms with Crippen LogP contribution in [-0.4, -0.2) is 22.6 Å². The van der Waals surface area contributed by atoms with Gasteiger partial charge in [0, 0.05) is 35.3 Å². The van der Waals surface area contributed by atoms with Gasteiger partial charge in [0.25, 0.3) is 0 Å². The monoisotopic (exact) mass is 383 g/mol. The summed E-state index contributed by atoms with van der Waals surface area (Å²) < 4.78 is 6.93. The summed E-state index contributed by atoms with van der Waals surface area (Å²) in [5, 5.41) is 12.5. The summed E-state index contributed by atoms with van der Waals surface area (Å²) in [5.74, 6) is -0.175. The van der Waals surface area contributed by atoms with Gasteiger partial charge in [-0.3, -0.25) is 4.79 Å². The van der Waals surface area contributed by atoms with Crippen molar-refractivity contribution >= 4 is 22.9 Å². The first-order valence-corrected chi connectivity index (χ1v) is 10.2. The zero-order valence-corrected chi connectivity index (χ0v) is 17.0. The van der Waals surface area contributed by atoms with Gasteiger partial charge in [-0.1, -0.05) is 0 Å². The van der Waals surface area contributed by atoms with Gasteiger partial charge in [0.1, 0.15) is 11.1 Å². The Labute approximate surface area is 164 Å². The number of carbonyl (C=O) groups excluding carboxylic acids is 1. The van der Waals surface area contributed by atoms with Crippen LogP contribution in [0.2, 0.25) is 0 Å². The molecule has 1 saturated carbocycles. The largest absolute Gasteiger partial charge is 0.469 e. The molecule has 6 heteroatoms. The molecule has 0 spiro atoms. The number of aryl methyl sites for hydroxylation is 1. The number of carbonyl (C=O) groups is 1. The summed E-state index contributed by atoms with van der Waals surface area (Å²) in [5.41, 5.74) is 6.34. The van der Waals surface area contributed by atoms with Crippen LogP contribution in [-0.2, 0) is 16.1 Å². The summed E-state index contributed by atoms with van der Waals surface area (Å²) in [4.78, 5) is 16.1. The molecule has 2 heterocycles. The van der Waals surface area contributed by atoms with Crippen molar-refractivity contribution in [1.29, 1.82) is 5.26 Å². The Kier molecular flexibility index (Phi) is 6.12. The standard InChI is InChI=1S/C21H25N3O2S/c1-14-11-17(15(2)24(14)10-6-9-20(25)26-3)19-13-27-21(23-19)18(12-22)16-7-4-5-8-16/h11,13H,4-10H2,1-3H3. The Morgan fingerprint density at radius 3 is 2.78 bits per heavy atom. The molecule has 0 saturated heterocycles. The molecule has 27 heavy (non-hydrogen) atoms. The summed E-state index contributed by atoms with van der Waals surface area (Å²) >= 11 is 1.55. The normalized spacial score (nSPS) is 13.6. The van der Waals surface area contributed by atoms with Crippen LogP contribution in [0, 0.1) is 25.2 Å². The first-order valence-electron chi connectivity index (χ1n) is 9.37. The summed E-state index contributed by atoms with van der Waals surface area (Å²) in [6, 6.07) is 4.52. The number of rotatable bonds is 6. The molecule has 0 unspecified atom stereocenters. The van der Waals surface area contributed by atoms with Crippen molar-refractivity contribution in [3.05, 3.63) is 33.4 Å². The molecule has 5 nitrogen and oxygen atoms in total. The number of methoxy groups -OCH3 is 1. The van der Waals surface area contributed by atoms with E-state index < -0.39 is 0 Å². The Morgan fingerprint density at radius 2 is 2.11 bits per heavy atom. The summed E-state index contributed by atoms with van der Waals surface area (Å²) in [7, 11) is 1.42. The first-order chi connectivity index (χ1) is 13.0. The zero-order valence-electron chi connectivity index (χ0n) is 16.2. The van der Waals surface area contributed by atoms with Crippen molar-refractivity contribution < 1.29 is 9.53 Å². The number of aromatic nitrogens is 2. The number of nitrogens with zero attached hydrogens (tertiary/aromatic N) is 3. The summed E-state index contributed by atoms with van der Waals surface area (Å²) in [6.45, 7) is 4.93. The number of nitriles is 1. The topological polar surface area (TPSA) is 67.9 Å². The molecule has 1 fully saturated rings. The van der Waals surface area contributed by atoms with Gasteiger partial charge in [0.05, 0.1) is 18.4 Å². The highest BCUT2D eigenvalue weighted by Crippen LogP contribution is 2.35. The molecule has 3 rings (SSSR count). The van der Waals surface area contributed by atoms with E-state index in [0.717, 1.165) is 59.0 Å². The predicted octanol–water partition coefficient (Wildman–Crippen LogP) is 5.03. The molecule has 1 aliphatic rings. The fourth-order valence-corrected chi connectivity index (χ4v) is 4.59. The highest BCUT2D eigenvalue weighted by molar-refractivity contribution is 7.11. The second-order valence-electron chi connectivity index (χ2n) is 6.95. The van der Waals surface area contributed by atoms with E-state index in [4.69, 9.17) is 9.72 Å². The van der Waals surface area contributed by atoms with Crippen LogP contribution < -0.4 is 0 Å². The lowest BCUT2D eigenvalue weighted by Crippen LogP contribution is -2.06. The third-order valence-corrected chi connectivity index (χ3v) is 6.09. The highest BCUT2D eigenvalue weighted by Gasteiger charge is 2.19. The number of hydrogen-bond donors (Lipinski definition) is 0. The second kappa shape index (κ2) is 8.53. The van der Waals surface area contributed by atoms with Crippen molar-refractivity contribution in [1.82, 2.24) is 9.55 Å². The van der Waals surface area contributed by atoms with Crippen LogP contribution in [0.5, 0.6) is 0 Å². The van der Waals surface area contributed by atoms with E-state index in [0.29, 0.717) is 6.42 Å². The Balaban J connectivity index is 1.83. The molecule has 142 valence electrons. The second-order valence-corrected chi connectivity index (χ2v) is 7.81. The third kappa shape index (κ3) is 4.14. The van der Waals surface area contributed by atoms with Crippen LogP contribution in [0.4, 0.5) is 0 Å². The van der Waals surface area contributed by atoms with Gasteiger partial charge in [-0.05, 0) is 57.6 Å². The molecule has 0 bridgehead atoms. The van der Waals surface area contributed by atoms with Crippen LogP contribution in [0.25, 0.3) is 16.8 Å². The molecule has 2 aromatic heterocycles. The van der Waals surface area contributed by atoms with Gasteiger partial charge in [0.15, 0.2) is 0 Å². The smallest absolute Gasteiger partial charge is 0.305 e. The Hall–Kier alpha value is -2.39. The minimum Gasteiger partial charge on any atom is -0.469 e. The molecular formula is C21H25N3O2S. The number of thiazole rings is 1. The SMILES string of the molecule is COC(=O)CCCn1c(C)cc(-c2csc(C(C#N)=C3CCCC3)n2)c1C. The van der Waals surface area contributed by atoms with Gasteiger partial charge in [-0.15, -0.1) is 11.3 Å². The number of allylic oxidation sites excluding steroid dienone is 2. The van der Waals surface area contributed by atoms with E-state index in [1.807, 2.05) is 5.38 Å². The van der Waals surface area contributed by atoms with E-state index >= 15 is 0 Å². The van der Waals surface area contributed by atoms with Gasteiger partial charge in [-0.25, -0.2) is 4.98 Å². The minimum atomic E-state index is -0.175. The fraction of sp³-hybridized carbons (Fsp3) is 0.476. The Morgan fingerprint density at radius 1 is 1.37 bits per heavy atom. The van der Waals surface area contributed by atoms with Gasteiger partial charge in [-0.2, -0.15) is 5.26 Å². The van der Waals surface area contributed by atoms with E-state index in [1.54, 1.807) is 11.3 Å². The van der Waals surface area contributed by atoms with E-state index in [9.17, 15) is 10.1 Å². The lowest BCUT2D eigenvalue weighted by molar-refractivity contribution is -0.140. The van der Waals surface area contributed by atoms with Crippen molar-refractivity contribution in [2.75, 3.05) is 7.11 Å². The average molecular weight is 384 g/mol. The lowest BCUT2D eigenvalue weighted by Gasteiger charge is -2.09. The van der Waals surface area contributed by atoms with E-state index in [2.05, 4.69) is 30.6 Å². The molecule has 0 N–H and O–H groups in total. The van der Waals surface area contributed by atoms with Crippen LogP contribution in [0.3, 0.4) is 0 Å². The average Bonchev–Trinajstić information content (AvgIpc) is 3.40. The van der Waals surface area contributed by atoms with E-state index in [1.165, 1.54) is 25.5 Å². The molecule has 0 radical (unpaired) electrons. The summed E-state index contributed by atoms with van der Waals surface area (Å²) in [6.07, 6.45) is 5.55. The Bertz CT molecular complexity index is 906. The maximum atomic E-state index is 11.3. The molecule has 0 aromatic carbocycles. The van der Waals surface area contributed by atoms with Crippen LogP contribution in [0.1, 0.15) is 54.9 Å². The van der Waals surface area contributed by atoms with Crippen molar-refractivity contribution in [3.8, 4) is 17.3 Å². The van der Waals surface area contributed by atoms with Gasteiger partial charge in [0.2, 0.25) is 0 Å². The lowest BCUT2D eigenvalue weighted by atomic mass is 10.1. The van der Waals surface area contributed by atoms with Crippen molar-refractivity contribution in [2.45, 2.75) is 58.9 Å².